The molecular weight excluding hydrogens is 238 g/mol. The summed E-state index contributed by atoms with van der Waals surface area (Å²) in [5, 5.41) is 9.04. The second-order valence-electron chi connectivity index (χ2n) is 4.60. The molecule has 0 amide bonds. The molecule has 0 spiro atoms. The average Bonchev–Trinajstić information content (AvgIpc) is 2.61. The first-order chi connectivity index (χ1) is 7.66. The lowest BCUT2D eigenvalue weighted by molar-refractivity contribution is -0.142. The van der Waals surface area contributed by atoms with E-state index in [4.69, 9.17) is 5.11 Å². The Hall–Kier alpha value is -1.06. The van der Waals surface area contributed by atoms with Gasteiger partial charge in [-0.1, -0.05) is 37.3 Å². The Kier molecular flexibility index (Phi) is 4.97. The van der Waals surface area contributed by atoms with Gasteiger partial charge in [0, 0.05) is 19.6 Å². The number of nitrogens with zero attached hydrogens (tertiary/aromatic N) is 1. The molecule has 1 saturated heterocycles. The standard InChI is InChI=1S/C13H17NO2.ClH/c1-10-7-14(9-12(10)13(15)16)8-11-5-3-2-4-6-11;/h2-6,10,12H,7-9H2,1H3,(H,15,16);1H/t10-,12-;/m0./s1. The van der Waals surface area contributed by atoms with Crippen molar-refractivity contribution in [2.24, 2.45) is 11.8 Å². The van der Waals surface area contributed by atoms with Gasteiger partial charge in [0.15, 0.2) is 0 Å². The Bertz CT molecular complexity index is 369. The number of likely N-dealkylation sites (tertiary alicyclic amines) is 1. The molecule has 0 aliphatic carbocycles. The molecular formula is C13H18ClNO2. The zero-order chi connectivity index (χ0) is 11.5. The lowest BCUT2D eigenvalue weighted by Gasteiger charge is -2.14. The Morgan fingerprint density at radius 1 is 1.35 bits per heavy atom. The van der Waals surface area contributed by atoms with Crippen LogP contribution in [0.1, 0.15) is 12.5 Å². The van der Waals surface area contributed by atoms with Crippen molar-refractivity contribution in [3.63, 3.8) is 0 Å². The van der Waals surface area contributed by atoms with Crippen LogP contribution in [0.5, 0.6) is 0 Å². The maximum Gasteiger partial charge on any atom is 0.308 e. The lowest BCUT2D eigenvalue weighted by Crippen LogP contribution is -2.23. The Morgan fingerprint density at radius 2 is 2.00 bits per heavy atom. The zero-order valence-corrected chi connectivity index (χ0v) is 10.7. The van der Waals surface area contributed by atoms with E-state index in [1.807, 2.05) is 25.1 Å². The fourth-order valence-electron chi connectivity index (χ4n) is 2.36. The summed E-state index contributed by atoms with van der Waals surface area (Å²) < 4.78 is 0. The number of benzene rings is 1. The molecule has 0 aromatic heterocycles. The van der Waals surface area contributed by atoms with Crippen LogP contribution < -0.4 is 0 Å². The van der Waals surface area contributed by atoms with Gasteiger partial charge in [0.2, 0.25) is 0 Å². The molecule has 0 unspecified atom stereocenters. The third-order valence-electron chi connectivity index (χ3n) is 3.25. The number of carboxylic acids is 1. The number of carboxylic acid groups (broad SMARTS) is 1. The first-order valence-corrected chi connectivity index (χ1v) is 5.66. The summed E-state index contributed by atoms with van der Waals surface area (Å²) in [6.45, 7) is 4.43. The van der Waals surface area contributed by atoms with Crippen LogP contribution in [0.2, 0.25) is 0 Å². The summed E-state index contributed by atoms with van der Waals surface area (Å²) in [6.07, 6.45) is 0. The number of aliphatic carboxylic acids is 1. The summed E-state index contributed by atoms with van der Waals surface area (Å²) in [4.78, 5) is 13.2. The quantitative estimate of drug-likeness (QED) is 0.901. The van der Waals surface area contributed by atoms with Gasteiger partial charge in [-0.15, -0.1) is 12.4 Å². The molecule has 1 aromatic rings. The molecule has 1 fully saturated rings. The highest BCUT2D eigenvalue weighted by Crippen LogP contribution is 2.24. The second kappa shape index (κ2) is 6.03. The van der Waals surface area contributed by atoms with Crippen molar-refractivity contribution in [3.8, 4) is 0 Å². The van der Waals surface area contributed by atoms with Gasteiger partial charge in [-0.25, -0.2) is 0 Å². The SMILES string of the molecule is C[C@H]1CN(Cc2ccccc2)C[C@@H]1C(=O)O.Cl. The van der Waals surface area contributed by atoms with Crippen molar-refractivity contribution in [1.82, 2.24) is 4.90 Å². The summed E-state index contributed by atoms with van der Waals surface area (Å²) in [7, 11) is 0. The van der Waals surface area contributed by atoms with Gasteiger partial charge in [0.05, 0.1) is 5.92 Å². The molecule has 3 nitrogen and oxygen atoms in total. The molecule has 0 saturated carbocycles. The average molecular weight is 256 g/mol. The molecule has 0 radical (unpaired) electrons. The van der Waals surface area contributed by atoms with Crippen molar-refractivity contribution < 1.29 is 9.90 Å². The Labute approximate surface area is 108 Å². The topological polar surface area (TPSA) is 40.5 Å². The van der Waals surface area contributed by atoms with Crippen LogP contribution >= 0.6 is 12.4 Å². The summed E-state index contributed by atoms with van der Waals surface area (Å²) in [6, 6.07) is 10.2. The minimum Gasteiger partial charge on any atom is -0.481 e. The first kappa shape index (κ1) is 14.0. The molecule has 17 heavy (non-hydrogen) atoms. The van der Waals surface area contributed by atoms with Gasteiger partial charge >= 0.3 is 5.97 Å². The minimum atomic E-state index is -0.664. The maximum absolute atomic E-state index is 11.0. The van der Waals surface area contributed by atoms with Crippen molar-refractivity contribution in [2.45, 2.75) is 13.5 Å². The van der Waals surface area contributed by atoms with Crippen LogP contribution in [0.25, 0.3) is 0 Å². The van der Waals surface area contributed by atoms with E-state index < -0.39 is 5.97 Å². The Balaban J connectivity index is 0.00000144. The summed E-state index contributed by atoms with van der Waals surface area (Å²) in [5.74, 6) is -0.618. The molecule has 2 rings (SSSR count). The van der Waals surface area contributed by atoms with Crippen molar-refractivity contribution in [1.29, 1.82) is 0 Å². The highest BCUT2D eigenvalue weighted by Gasteiger charge is 2.34. The fraction of sp³-hybridized carbons (Fsp3) is 0.462. The smallest absolute Gasteiger partial charge is 0.308 e. The van der Waals surface area contributed by atoms with Crippen molar-refractivity contribution in [3.05, 3.63) is 35.9 Å². The predicted molar refractivity (Wildman–Crippen MR) is 69.3 cm³/mol. The molecule has 1 aliphatic rings. The van der Waals surface area contributed by atoms with Gasteiger partial charge in [0.25, 0.3) is 0 Å². The van der Waals surface area contributed by atoms with Crippen LogP contribution in [0.3, 0.4) is 0 Å². The van der Waals surface area contributed by atoms with E-state index in [2.05, 4.69) is 17.0 Å². The van der Waals surface area contributed by atoms with Crippen molar-refractivity contribution >= 4 is 18.4 Å². The van der Waals surface area contributed by atoms with Crippen LogP contribution in [0.15, 0.2) is 30.3 Å². The predicted octanol–water partition coefficient (Wildman–Crippen LogP) is 2.26. The summed E-state index contributed by atoms with van der Waals surface area (Å²) >= 11 is 0. The van der Waals surface area contributed by atoms with E-state index >= 15 is 0 Å². The van der Waals surface area contributed by atoms with Crippen LogP contribution in [-0.2, 0) is 11.3 Å². The summed E-state index contributed by atoms with van der Waals surface area (Å²) in [5.41, 5.74) is 1.25. The van der Waals surface area contributed by atoms with E-state index in [0.717, 1.165) is 13.1 Å². The number of rotatable bonds is 3. The zero-order valence-electron chi connectivity index (χ0n) is 9.87. The molecule has 1 heterocycles. The lowest BCUT2D eigenvalue weighted by atomic mass is 9.99. The number of hydrogen-bond acceptors (Lipinski definition) is 2. The second-order valence-corrected chi connectivity index (χ2v) is 4.60. The van der Waals surface area contributed by atoms with Gasteiger partial charge in [0.1, 0.15) is 0 Å². The minimum absolute atomic E-state index is 0. The number of hydrogen-bond donors (Lipinski definition) is 1. The molecule has 1 N–H and O–H groups in total. The number of carbonyl (C=O) groups is 1. The van der Waals surface area contributed by atoms with E-state index in [1.54, 1.807) is 0 Å². The van der Waals surface area contributed by atoms with Gasteiger partial charge in [-0.2, -0.15) is 0 Å². The molecule has 2 atom stereocenters. The van der Waals surface area contributed by atoms with E-state index in [-0.39, 0.29) is 24.2 Å². The highest BCUT2D eigenvalue weighted by atomic mass is 35.5. The van der Waals surface area contributed by atoms with Gasteiger partial charge < -0.3 is 5.11 Å². The largest absolute Gasteiger partial charge is 0.481 e. The normalized spacial score (nSPS) is 24.3. The molecule has 0 bridgehead atoms. The molecule has 1 aliphatic heterocycles. The number of halogens is 1. The Morgan fingerprint density at radius 3 is 2.53 bits per heavy atom. The monoisotopic (exact) mass is 255 g/mol. The highest BCUT2D eigenvalue weighted by molar-refractivity contribution is 5.85. The van der Waals surface area contributed by atoms with Crippen LogP contribution in [-0.4, -0.2) is 29.1 Å². The third-order valence-corrected chi connectivity index (χ3v) is 3.25. The first-order valence-electron chi connectivity index (χ1n) is 5.66. The van der Waals surface area contributed by atoms with Gasteiger partial charge in [-0.3, -0.25) is 9.69 Å². The van der Waals surface area contributed by atoms with Crippen LogP contribution in [0, 0.1) is 11.8 Å². The maximum atomic E-state index is 11.0. The molecule has 94 valence electrons. The van der Waals surface area contributed by atoms with Crippen molar-refractivity contribution in [2.75, 3.05) is 13.1 Å². The fourth-order valence-corrected chi connectivity index (χ4v) is 2.36. The van der Waals surface area contributed by atoms with E-state index in [9.17, 15) is 4.79 Å². The van der Waals surface area contributed by atoms with Gasteiger partial charge in [-0.05, 0) is 11.5 Å². The molecule has 1 aromatic carbocycles. The molecule has 4 heteroatoms. The van der Waals surface area contributed by atoms with Crippen LogP contribution in [0.4, 0.5) is 0 Å². The third kappa shape index (κ3) is 3.45. The van der Waals surface area contributed by atoms with E-state index in [1.165, 1.54) is 5.56 Å². The van der Waals surface area contributed by atoms with E-state index in [0.29, 0.717) is 6.54 Å².